The molecule has 0 unspecified atom stereocenters. The molecule has 0 radical (unpaired) electrons. The molecule has 3 nitrogen and oxygen atoms in total. The van der Waals surface area contributed by atoms with E-state index in [9.17, 15) is 0 Å². The van der Waals surface area contributed by atoms with E-state index in [1.807, 2.05) is 33.8 Å². The van der Waals surface area contributed by atoms with Gasteiger partial charge in [-0.25, -0.2) is 0 Å². The van der Waals surface area contributed by atoms with Crippen LogP contribution in [0.2, 0.25) is 0 Å². The molecule has 0 amide bonds. The minimum Gasteiger partial charge on any atom is -0.398 e. The molecule has 1 aromatic rings. The minimum atomic E-state index is 0.0121. The second-order valence-corrected chi connectivity index (χ2v) is 2.00. The first-order valence-electron chi connectivity index (χ1n) is 5.05. The maximum Gasteiger partial charge on any atom is 0.124 e. The molecule has 0 aromatic heterocycles. The molecule has 0 aliphatic heterocycles. The second-order valence-electron chi connectivity index (χ2n) is 2.00. The standard InChI is InChI=1S/C7H9N3.2C2H6.I2/c8-6-4-2-1-3-5(6)7(9)10;3*1-2/h1-4H,8H2,(H3,9,10);2*1-2H3;. The van der Waals surface area contributed by atoms with Crippen LogP contribution in [0.1, 0.15) is 33.3 Å². The maximum atomic E-state index is 7.07. The van der Waals surface area contributed by atoms with Crippen molar-refractivity contribution in [1.82, 2.24) is 0 Å². The first-order valence-corrected chi connectivity index (χ1v) is 11.3. The Labute approximate surface area is 122 Å². The minimum absolute atomic E-state index is 0.0121. The quantitative estimate of drug-likeness (QED) is 0.258. The van der Waals surface area contributed by atoms with Crippen molar-refractivity contribution in [3.8, 4) is 0 Å². The number of para-hydroxylation sites is 1. The average Bonchev–Trinajstić information content (AvgIpc) is 2.37. The van der Waals surface area contributed by atoms with E-state index in [1.165, 1.54) is 0 Å². The lowest BCUT2D eigenvalue weighted by Gasteiger charge is -2.00. The summed E-state index contributed by atoms with van der Waals surface area (Å²) in [4.78, 5) is 0. The highest BCUT2D eigenvalue weighted by Gasteiger charge is 1.97. The number of amidine groups is 1. The van der Waals surface area contributed by atoms with E-state index in [2.05, 4.69) is 37.2 Å². The molecule has 0 spiro atoms. The Hall–Kier alpha value is -0.0500. The fraction of sp³-hybridized carbons (Fsp3) is 0.364. The summed E-state index contributed by atoms with van der Waals surface area (Å²) < 4.78 is 0. The summed E-state index contributed by atoms with van der Waals surface area (Å²) in [5, 5.41) is 7.07. The lowest BCUT2D eigenvalue weighted by atomic mass is 10.2. The monoisotopic (exact) mass is 449 g/mol. The number of hydrogen-bond donors (Lipinski definition) is 3. The van der Waals surface area contributed by atoms with Gasteiger partial charge in [0.2, 0.25) is 0 Å². The Morgan fingerprint density at radius 1 is 1.06 bits per heavy atom. The van der Waals surface area contributed by atoms with Gasteiger partial charge < -0.3 is 11.5 Å². The van der Waals surface area contributed by atoms with Crippen LogP contribution in [0, 0.1) is 5.41 Å². The molecule has 1 rings (SSSR count). The highest BCUT2D eigenvalue weighted by Crippen LogP contribution is 2.08. The van der Waals surface area contributed by atoms with E-state index < -0.39 is 0 Å². The van der Waals surface area contributed by atoms with Crippen LogP contribution < -0.4 is 11.5 Å². The number of nitrogen functional groups attached to an aromatic ring is 2. The van der Waals surface area contributed by atoms with Crippen LogP contribution in [-0.2, 0) is 0 Å². The molecular weight excluding hydrogens is 428 g/mol. The van der Waals surface area contributed by atoms with Crippen molar-refractivity contribution in [3.05, 3.63) is 29.8 Å². The molecule has 0 bridgehead atoms. The van der Waals surface area contributed by atoms with Crippen LogP contribution in [0.5, 0.6) is 0 Å². The predicted octanol–water partition coefficient (Wildman–Crippen LogP) is 4.38. The number of nitrogens with two attached hydrogens (primary N) is 2. The smallest absolute Gasteiger partial charge is 0.124 e. The number of nitrogens with one attached hydrogen (secondary N) is 1. The van der Waals surface area contributed by atoms with Gasteiger partial charge in [0.05, 0.1) is 0 Å². The molecule has 1 aromatic carbocycles. The van der Waals surface area contributed by atoms with Crippen molar-refractivity contribution in [2.24, 2.45) is 5.73 Å². The fourth-order valence-corrected chi connectivity index (χ4v) is 0.742. The van der Waals surface area contributed by atoms with E-state index in [0.717, 1.165) is 0 Å². The van der Waals surface area contributed by atoms with Crippen LogP contribution >= 0.6 is 37.2 Å². The van der Waals surface area contributed by atoms with Gasteiger partial charge >= 0.3 is 0 Å². The number of anilines is 1. The van der Waals surface area contributed by atoms with Gasteiger partial charge in [0.15, 0.2) is 0 Å². The summed E-state index contributed by atoms with van der Waals surface area (Å²) in [6.45, 7) is 8.00. The summed E-state index contributed by atoms with van der Waals surface area (Å²) in [5.74, 6) is 0.0121. The van der Waals surface area contributed by atoms with E-state index >= 15 is 0 Å². The van der Waals surface area contributed by atoms with E-state index in [4.69, 9.17) is 16.9 Å². The number of benzene rings is 1. The highest BCUT2D eigenvalue weighted by molar-refractivity contribution is 15.0. The van der Waals surface area contributed by atoms with Crippen LogP contribution in [0.25, 0.3) is 0 Å². The first kappa shape index (κ1) is 21.3. The molecule has 0 heterocycles. The molecule has 94 valence electrons. The molecule has 16 heavy (non-hydrogen) atoms. The highest BCUT2D eigenvalue weighted by atomic mass is 128. The Kier molecular flexibility index (Phi) is 23.0. The number of halogens is 2. The topological polar surface area (TPSA) is 75.9 Å². The molecule has 0 aliphatic rings. The van der Waals surface area contributed by atoms with Crippen molar-refractivity contribution in [2.75, 3.05) is 5.73 Å². The largest absolute Gasteiger partial charge is 0.398 e. The van der Waals surface area contributed by atoms with Gasteiger partial charge in [-0.2, -0.15) is 0 Å². The van der Waals surface area contributed by atoms with Gasteiger partial charge in [-0.1, -0.05) is 39.8 Å². The summed E-state index contributed by atoms with van der Waals surface area (Å²) in [7, 11) is 0. The third kappa shape index (κ3) is 10.5. The van der Waals surface area contributed by atoms with Gasteiger partial charge in [0, 0.05) is 48.5 Å². The summed E-state index contributed by atoms with van der Waals surface area (Å²) in [6, 6.07) is 7.04. The van der Waals surface area contributed by atoms with Crippen molar-refractivity contribution in [1.29, 1.82) is 5.41 Å². The molecule has 0 saturated heterocycles. The SMILES string of the molecule is CC.CC.II.N=C(N)c1ccccc1N. The Balaban J connectivity index is -0.000000245. The molecule has 0 fully saturated rings. The Morgan fingerprint density at radius 3 is 1.69 bits per heavy atom. The molecule has 5 heteroatoms. The fourth-order valence-electron chi connectivity index (χ4n) is 0.742. The summed E-state index contributed by atoms with van der Waals surface area (Å²) >= 11 is 4.24. The van der Waals surface area contributed by atoms with E-state index in [0.29, 0.717) is 11.3 Å². The second kappa shape index (κ2) is 17.3. The van der Waals surface area contributed by atoms with E-state index in [1.54, 1.807) is 18.2 Å². The van der Waals surface area contributed by atoms with Crippen molar-refractivity contribution in [2.45, 2.75) is 27.7 Å². The van der Waals surface area contributed by atoms with Crippen LogP contribution in [0.15, 0.2) is 24.3 Å². The first-order chi connectivity index (χ1) is 7.72. The van der Waals surface area contributed by atoms with Gasteiger partial charge in [-0.3, -0.25) is 5.41 Å². The van der Waals surface area contributed by atoms with Crippen molar-refractivity contribution >= 4 is 48.8 Å². The summed E-state index contributed by atoms with van der Waals surface area (Å²) in [6.07, 6.45) is 0. The van der Waals surface area contributed by atoms with Crippen molar-refractivity contribution < 1.29 is 0 Å². The van der Waals surface area contributed by atoms with Gasteiger partial charge in [-0.05, 0) is 12.1 Å². The maximum absolute atomic E-state index is 7.07. The lowest BCUT2D eigenvalue weighted by Crippen LogP contribution is -2.12. The van der Waals surface area contributed by atoms with E-state index in [-0.39, 0.29) is 5.84 Å². The zero-order valence-electron chi connectivity index (χ0n) is 10.2. The van der Waals surface area contributed by atoms with Gasteiger partial charge in [-0.15, -0.1) is 0 Å². The predicted molar refractivity (Wildman–Crippen MR) is 92.6 cm³/mol. The van der Waals surface area contributed by atoms with Gasteiger partial charge in [0.1, 0.15) is 5.84 Å². The van der Waals surface area contributed by atoms with Crippen LogP contribution in [0.4, 0.5) is 5.69 Å². The summed E-state index contributed by atoms with van der Waals surface area (Å²) in [5.41, 5.74) is 11.9. The Morgan fingerprint density at radius 2 is 1.44 bits per heavy atom. The molecule has 0 aliphatic carbocycles. The van der Waals surface area contributed by atoms with Crippen LogP contribution in [-0.4, -0.2) is 5.84 Å². The lowest BCUT2D eigenvalue weighted by molar-refractivity contribution is 1.43. The van der Waals surface area contributed by atoms with Crippen LogP contribution in [0.3, 0.4) is 0 Å². The molecule has 0 atom stereocenters. The third-order valence-electron chi connectivity index (χ3n) is 1.25. The third-order valence-corrected chi connectivity index (χ3v) is 1.25. The zero-order valence-corrected chi connectivity index (χ0v) is 14.5. The molecule has 0 saturated carbocycles. The Bertz CT molecular complexity index is 265. The number of hydrogen-bond acceptors (Lipinski definition) is 2. The number of rotatable bonds is 1. The van der Waals surface area contributed by atoms with Gasteiger partial charge in [0.25, 0.3) is 0 Å². The molecule has 5 N–H and O–H groups in total. The molecular formula is C11H21I2N3. The zero-order chi connectivity index (χ0) is 13.6. The normalized spacial score (nSPS) is 6.88. The van der Waals surface area contributed by atoms with Crippen molar-refractivity contribution in [3.63, 3.8) is 0 Å². The average molecular weight is 449 g/mol.